The zero-order valence-corrected chi connectivity index (χ0v) is 11.1. The lowest BCUT2D eigenvalue weighted by molar-refractivity contribution is 0.466. The number of nitrogens with two attached hydrogens (primary N) is 1. The third-order valence-electron chi connectivity index (χ3n) is 2.60. The summed E-state index contributed by atoms with van der Waals surface area (Å²) in [5.41, 5.74) is 6.38. The molecule has 0 aliphatic heterocycles. The zero-order chi connectivity index (χ0) is 13.1. The van der Waals surface area contributed by atoms with Crippen LogP contribution in [0.4, 0.5) is 5.82 Å². The molecule has 0 aliphatic carbocycles. The molecule has 0 radical (unpaired) electrons. The predicted octanol–water partition coefficient (Wildman–Crippen LogP) is 2.79. The second kappa shape index (κ2) is 5.18. The fourth-order valence-electron chi connectivity index (χ4n) is 1.64. The van der Waals surface area contributed by atoms with Crippen LogP contribution in [0.5, 0.6) is 0 Å². The van der Waals surface area contributed by atoms with E-state index in [9.17, 15) is 0 Å². The Morgan fingerprint density at radius 3 is 2.83 bits per heavy atom. The van der Waals surface area contributed by atoms with Crippen LogP contribution < -0.4 is 11.1 Å². The highest BCUT2D eigenvalue weighted by Gasteiger charge is 2.10. The molecule has 2 aromatic heterocycles. The molecule has 0 aromatic carbocycles. The Labute approximate surface area is 111 Å². The quantitative estimate of drug-likeness (QED) is 0.829. The molecule has 1 atom stereocenters. The molecule has 0 saturated carbocycles. The molecule has 2 aromatic rings. The SMILES string of the molecule is Cc1ccc(C(C)Nc2cc(C(N)=S)ccn2)o1. The molecule has 0 bridgehead atoms. The van der Waals surface area contributed by atoms with Crippen molar-refractivity contribution in [3.05, 3.63) is 47.5 Å². The Morgan fingerprint density at radius 1 is 1.44 bits per heavy atom. The molecule has 1 unspecified atom stereocenters. The fourth-order valence-corrected chi connectivity index (χ4v) is 1.77. The fraction of sp³-hybridized carbons (Fsp3) is 0.231. The van der Waals surface area contributed by atoms with Crippen molar-refractivity contribution in [2.45, 2.75) is 19.9 Å². The number of hydrogen-bond donors (Lipinski definition) is 2. The normalized spacial score (nSPS) is 12.1. The molecule has 4 nitrogen and oxygen atoms in total. The first-order valence-corrected chi connectivity index (χ1v) is 6.06. The van der Waals surface area contributed by atoms with E-state index in [4.69, 9.17) is 22.4 Å². The van der Waals surface area contributed by atoms with Crippen LogP contribution in [-0.2, 0) is 0 Å². The maximum Gasteiger partial charge on any atom is 0.127 e. The number of nitrogens with one attached hydrogen (secondary N) is 1. The van der Waals surface area contributed by atoms with Crippen molar-refractivity contribution >= 4 is 23.0 Å². The van der Waals surface area contributed by atoms with Gasteiger partial charge in [-0.3, -0.25) is 0 Å². The Hall–Kier alpha value is -1.88. The molecule has 0 saturated heterocycles. The summed E-state index contributed by atoms with van der Waals surface area (Å²) in [6, 6.07) is 7.54. The third-order valence-corrected chi connectivity index (χ3v) is 2.83. The van der Waals surface area contributed by atoms with Crippen LogP contribution in [0, 0.1) is 6.92 Å². The van der Waals surface area contributed by atoms with Gasteiger partial charge in [-0.25, -0.2) is 4.98 Å². The van der Waals surface area contributed by atoms with Crippen molar-refractivity contribution in [2.75, 3.05) is 5.32 Å². The van der Waals surface area contributed by atoms with Gasteiger partial charge in [-0.1, -0.05) is 12.2 Å². The summed E-state index contributed by atoms with van der Waals surface area (Å²) in [7, 11) is 0. The molecule has 0 fully saturated rings. The molecule has 2 rings (SSSR count). The van der Waals surface area contributed by atoms with E-state index in [0.717, 1.165) is 22.9 Å². The minimum absolute atomic E-state index is 0.0350. The van der Waals surface area contributed by atoms with Crippen molar-refractivity contribution in [1.29, 1.82) is 0 Å². The second-order valence-electron chi connectivity index (χ2n) is 4.11. The van der Waals surface area contributed by atoms with Crippen LogP contribution in [0.3, 0.4) is 0 Å². The van der Waals surface area contributed by atoms with E-state index < -0.39 is 0 Å². The van der Waals surface area contributed by atoms with Gasteiger partial charge in [-0.2, -0.15) is 0 Å². The summed E-state index contributed by atoms with van der Waals surface area (Å²) < 4.78 is 5.55. The van der Waals surface area contributed by atoms with E-state index in [1.165, 1.54) is 0 Å². The summed E-state index contributed by atoms with van der Waals surface area (Å²) in [4.78, 5) is 4.59. The number of aromatic nitrogens is 1. The van der Waals surface area contributed by atoms with E-state index in [0.29, 0.717) is 4.99 Å². The first-order chi connectivity index (χ1) is 8.56. The van der Waals surface area contributed by atoms with E-state index >= 15 is 0 Å². The van der Waals surface area contributed by atoms with Crippen LogP contribution in [0.25, 0.3) is 0 Å². The van der Waals surface area contributed by atoms with Gasteiger partial charge in [0.2, 0.25) is 0 Å². The Morgan fingerprint density at radius 2 is 2.22 bits per heavy atom. The van der Waals surface area contributed by atoms with Crippen molar-refractivity contribution in [1.82, 2.24) is 4.98 Å². The van der Waals surface area contributed by atoms with E-state index in [1.807, 2.05) is 32.0 Å². The largest absolute Gasteiger partial charge is 0.464 e. The van der Waals surface area contributed by atoms with Crippen molar-refractivity contribution in [3.8, 4) is 0 Å². The van der Waals surface area contributed by atoms with Gasteiger partial charge in [0.05, 0.1) is 6.04 Å². The molecule has 5 heteroatoms. The lowest BCUT2D eigenvalue weighted by Crippen LogP contribution is -2.12. The van der Waals surface area contributed by atoms with Crippen molar-refractivity contribution in [3.63, 3.8) is 0 Å². The molecule has 0 spiro atoms. The van der Waals surface area contributed by atoms with Gasteiger partial charge >= 0.3 is 0 Å². The molecule has 2 heterocycles. The average Bonchev–Trinajstić information content (AvgIpc) is 2.76. The topological polar surface area (TPSA) is 64.1 Å². The molecular formula is C13H15N3OS. The number of furan rings is 1. The summed E-state index contributed by atoms with van der Waals surface area (Å²) in [6.07, 6.45) is 1.68. The number of thiocarbonyl (C=S) groups is 1. The summed E-state index contributed by atoms with van der Waals surface area (Å²) in [5.74, 6) is 2.49. The van der Waals surface area contributed by atoms with Crippen LogP contribution in [0.2, 0.25) is 0 Å². The Kier molecular flexibility index (Phi) is 3.62. The lowest BCUT2D eigenvalue weighted by atomic mass is 10.2. The Balaban J connectivity index is 2.14. The zero-order valence-electron chi connectivity index (χ0n) is 10.3. The first kappa shape index (κ1) is 12.6. The van der Waals surface area contributed by atoms with Gasteiger partial charge in [-0.05, 0) is 38.1 Å². The molecular weight excluding hydrogens is 246 g/mol. The minimum Gasteiger partial charge on any atom is -0.464 e. The number of nitrogens with zero attached hydrogens (tertiary/aromatic N) is 1. The number of aryl methyl sites for hydroxylation is 1. The molecule has 0 amide bonds. The molecule has 0 aliphatic rings. The number of hydrogen-bond acceptors (Lipinski definition) is 4. The van der Waals surface area contributed by atoms with Crippen LogP contribution in [0.15, 0.2) is 34.9 Å². The van der Waals surface area contributed by atoms with Gasteiger partial charge in [0, 0.05) is 11.8 Å². The standard InChI is InChI=1S/C13H15N3OS/c1-8-3-4-11(17-8)9(2)16-12-7-10(13(14)18)5-6-15-12/h3-7,9H,1-2H3,(H2,14,18)(H,15,16). The van der Waals surface area contributed by atoms with Crippen molar-refractivity contribution in [2.24, 2.45) is 5.73 Å². The molecule has 3 N–H and O–H groups in total. The van der Waals surface area contributed by atoms with E-state index in [-0.39, 0.29) is 6.04 Å². The van der Waals surface area contributed by atoms with E-state index in [2.05, 4.69) is 10.3 Å². The maximum absolute atomic E-state index is 5.59. The van der Waals surface area contributed by atoms with Gasteiger partial charge < -0.3 is 15.5 Å². The number of rotatable bonds is 4. The van der Waals surface area contributed by atoms with Gasteiger partial charge in [-0.15, -0.1) is 0 Å². The number of pyridine rings is 1. The van der Waals surface area contributed by atoms with Crippen LogP contribution >= 0.6 is 12.2 Å². The molecule has 18 heavy (non-hydrogen) atoms. The average molecular weight is 261 g/mol. The third kappa shape index (κ3) is 2.87. The highest BCUT2D eigenvalue weighted by atomic mass is 32.1. The highest BCUT2D eigenvalue weighted by molar-refractivity contribution is 7.80. The molecule has 94 valence electrons. The smallest absolute Gasteiger partial charge is 0.127 e. The second-order valence-corrected chi connectivity index (χ2v) is 4.55. The van der Waals surface area contributed by atoms with Crippen molar-refractivity contribution < 1.29 is 4.42 Å². The minimum atomic E-state index is 0.0350. The summed E-state index contributed by atoms with van der Waals surface area (Å²) in [5, 5.41) is 3.25. The summed E-state index contributed by atoms with van der Waals surface area (Å²) in [6.45, 7) is 3.93. The maximum atomic E-state index is 5.59. The number of anilines is 1. The monoisotopic (exact) mass is 261 g/mol. The Bertz CT molecular complexity index is 565. The van der Waals surface area contributed by atoms with Gasteiger partial charge in [0.1, 0.15) is 22.3 Å². The lowest BCUT2D eigenvalue weighted by Gasteiger charge is -2.12. The highest BCUT2D eigenvalue weighted by Crippen LogP contribution is 2.20. The van der Waals surface area contributed by atoms with Gasteiger partial charge in [0.15, 0.2) is 0 Å². The summed E-state index contributed by atoms with van der Waals surface area (Å²) >= 11 is 4.94. The van der Waals surface area contributed by atoms with Crippen LogP contribution in [-0.4, -0.2) is 9.97 Å². The van der Waals surface area contributed by atoms with E-state index in [1.54, 1.807) is 12.3 Å². The first-order valence-electron chi connectivity index (χ1n) is 5.65. The van der Waals surface area contributed by atoms with Gasteiger partial charge in [0.25, 0.3) is 0 Å². The predicted molar refractivity (Wildman–Crippen MR) is 75.6 cm³/mol. The van der Waals surface area contributed by atoms with Crippen LogP contribution in [0.1, 0.15) is 30.0 Å².